The number of Topliss-reactive ketones (excluding diaryl/α,β-unsaturated/α-hetero) is 1. The van der Waals surface area contributed by atoms with E-state index in [0.29, 0.717) is 13.0 Å². The molecule has 2 aliphatic rings. The van der Waals surface area contributed by atoms with Gasteiger partial charge in [0, 0.05) is 25.4 Å². The average molecular weight is 334 g/mol. The molecule has 3 N–H and O–H groups in total. The molecule has 0 radical (unpaired) electrons. The van der Waals surface area contributed by atoms with Gasteiger partial charge < -0.3 is 11.1 Å². The van der Waals surface area contributed by atoms with Crippen molar-refractivity contribution >= 4 is 11.7 Å². The third-order valence-corrected chi connectivity index (χ3v) is 5.76. The maximum Gasteiger partial charge on any atom is 0.221 e. The number of nitrogens with two attached hydrogens (primary N) is 1. The number of hydrogen-bond donors (Lipinski definition) is 2. The number of carbonyl (C=O) groups is 2. The lowest BCUT2D eigenvalue weighted by Gasteiger charge is -2.28. The van der Waals surface area contributed by atoms with Gasteiger partial charge in [-0.3, -0.25) is 9.59 Å². The van der Waals surface area contributed by atoms with E-state index in [-0.39, 0.29) is 30.1 Å². The van der Waals surface area contributed by atoms with Gasteiger partial charge in [-0.2, -0.15) is 0 Å². The van der Waals surface area contributed by atoms with Gasteiger partial charge in [0.25, 0.3) is 0 Å². The predicted octanol–water partition coefficient (Wildman–Crippen LogP) is 2.28. The number of hydrogen-bond acceptors (Lipinski definition) is 3. The average Bonchev–Trinajstić information content (AvgIpc) is 3.18. The van der Waals surface area contributed by atoms with Crippen molar-refractivity contribution in [3.8, 4) is 0 Å². The Bertz CT molecular complexity index is 818. The summed E-state index contributed by atoms with van der Waals surface area (Å²) in [5, 5.41) is 2.85. The first-order valence-corrected chi connectivity index (χ1v) is 8.79. The van der Waals surface area contributed by atoms with Crippen molar-refractivity contribution in [2.24, 2.45) is 11.7 Å². The minimum atomic E-state index is -0.757. The normalized spacial score (nSPS) is 27.8. The zero-order valence-electron chi connectivity index (χ0n) is 14.1. The lowest BCUT2D eigenvalue weighted by Crippen LogP contribution is -2.39. The first-order chi connectivity index (χ1) is 12.1. The summed E-state index contributed by atoms with van der Waals surface area (Å²) in [4.78, 5) is 25.2. The Balaban J connectivity index is 1.60. The zero-order chi connectivity index (χ0) is 17.4. The molecule has 1 aliphatic heterocycles. The van der Waals surface area contributed by atoms with Gasteiger partial charge >= 0.3 is 0 Å². The maximum atomic E-state index is 13.3. The van der Waals surface area contributed by atoms with E-state index in [0.717, 1.165) is 17.5 Å². The van der Waals surface area contributed by atoms with Crippen LogP contribution < -0.4 is 11.1 Å². The highest BCUT2D eigenvalue weighted by atomic mass is 16.2. The highest BCUT2D eigenvalue weighted by Crippen LogP contribution is 2.40. The molecule has 0 spiro atoms. The molecule has 1 fully saturated rings. The molecule has 4 rings (SSSR count). The standard InChI is InChI=1S/C21H22N2O2/c22-20-15(10-14-6-4-5-9-17(14)20)11-18(24)21(12-19(25)23-13-21)16-7-2-1-3-8-16/h1-9,15,20H,10-13,22H2,(H,23,25)/t15-,20-,21?/m1/s1. The van der Waals surface area contributed by atoms with Gasteiger partial charge in [-0.1, -0.05) is 54.6 Å². The van der Waals surface area contributed by atoms with E-state index in [9.17, 15) is 9.59 Å². The Morgan fingerprint density at radius 2 is 1.84 bits per heavy atom. The van der Waals surface area contributed by atoms with Gasteiger partial charge in [-0.05, 0) is 29.0 Å². The van der Waals surface area contributed by atoms with E-state index in [2.05, 4.69) is 17.4 Å². The summed E-state index contributed by atoms with van der Waals surface area (Å²) in [7, 11) is 0. The Morgan fingerprint density at radius 3 is 2.52 bits per heavy atom. The van der Waals surface area contributed by atoms with Crippen molar-refractivity contribution in [3.63, 3.8) is 0 Å². The lowest BCUT2D eigenvalue weighted by atomic mass is 9.73. The molecule has 2 aromatic rings. The molecule has 128 valence electrons. The van der Waals surface area contributed by atoms with Crippen LogP contribution in [0.15, 0.2) is 54.6 Å². The highest BCUT2D eigenvalue weighted by molar-refractivity contribution is 5.98. The number of carbonyl (C=O) groups excluding carboxylic acids is 2. The molecule has 25 heavy (non-hydrogen) atoms. The number of fused-ring (bicyclic) bond motifs is 1. The summed E-state index contributed by atoms with van der Waals surface area (Å²) < 4.78 is 0. The third-order valence-electron chi connectivity index (χ3n) is 5.76. The second-order valence-electron chi connectivity index (χ2n) is 7.22. The smallest absolute Gasteiger partial charge is 0.221 e. The van der Waals surface area contributed by atoms with E-state index in [4.69, 9.17) is 5.73 Å². The van der Waals surface area contributed by atoms with Crippen molar-refractivity contribution in [2.75, 3.05) is 6.54 Å². The molecule has 0 saturated carbocycles. The van der Waals surface area contributed by atoms with Gasteiger partial charge in [0.15, 0.2) is 0 Å². The summed E-state index contributed by atoms with van der Waals surface area (Å²) in [5.41, 5.74) is 8.96. The molecule has 3 atom stereocenters. The number of ketones is 1. The maximum absolute atomic E-state index is 13.3. The lowest BCUT2D eigenvalue weighted by molar-refractivity contribution is -0.127. The first-order valence-electron chi connectivity index (χ1n) is 8.79. The van der Waals surface area contributed by atoms with E-state index in [1.165, 1.54) is 5.56 Å². The SMILES string of the molecule is N[C@H]1c2ccccc2C[C@@H]1CC(=O)C1(c2ccccc2)CNC(=O)C1. The number of benzene rings is 2. The molecular formula is C21H22N2O2. The van der Waals surface area contributed by atoms with Crippen LogP contribution in [0, 0.1) is 5.92 Å². The molecule has 1 amide bonds. The van der Waals surface area contributed by atoms with Crippen LogP contribution in [0.25, 0.3) is 0 Å². The summed E-state index contributed by atoms with van der Waals surface area (Å²) in [6.45, 7) is 0.379. The monoisotopic (exact) mass is 334 g/mol. The van der Waals surface area contributed by atoms with Gasteiger partial charge in [0.2, 0.25) is 5.91 Å². The quantitative estimate of drug-likeness (QED) is 0.901. The van der Waals surface area contributed by atoms with Gasteiger partial charge in [0.05, 0.1) is 5.41 Å². The van der Waals surface area contributed by atoms with E-state index in [1.54, 1.807) is 0 Å². The molecule has 2 aromatic carbocycles. The van der Waals surface area contributed by atoms with Crippen LogP contribution in [0.3, 0.4) is 0 Å². The van der Waals surface area contributed by atoms with Gasteiger partial charge in [-0.25, -0.2) is 0 Å². The summed E-state index contributed by atoms with van der Waals surface area (Å²) >= 11 is 0. The fraction of sp³-hybridized carbons (Fsp3) is 0.333. The fourth-order valence-corrected chi connectivity index (χ4v) is 4.31. The second-order valence-corrected chi connectivity index (χ2v) is 7.22. The second kappa shape index (κ2) is 6.12. The minimum absolute atomic E-state index is 0.0591. The predicted molar refractivity (Wildman–Crippen MR) is 95.9 cm³/mol. The molecule has 1 unspecified atom stereocenters. The molecule has 4 heteroatoms. The zero-order valence-corrected chi connectivity index (χ0v) is 14.1. The van der Waals surface area contributed by atoms with Crippen LogP contribution in [0.4, 0.5) is 0 Å². The van der Waals surface area contributed by atoms with Crippen molar-refractivity contribution in [1.82, 2.24) is 5.32 Å². The minimum Gasteiger partial charge on any atom is -0.355 e. The van der Waals surface area contributed by atoms with Gasteiger partial charge in [0.1, 0.15) is 5.78 Å². The molecule has 0 aromatic heterocycles. The first kappa shape index (κ1) is 16.0. The topological polar surface area (TPSA) is 72.2 Å². The van der Waals surface area contributed by atoms with Crippen molar-refractivity contribution < 1.29 is 9.59 Å². The van der Waals surface area contributed by atoms with E-state index >= 15 is 0 Å². The summed E-state index contributed by atoms with van der Waals surface area (Å²) in [5.74, 6) is 0.155. The Morgan fingerprint density at radius 1 is 1.12 bits per heavy atom. The molecule has 1 aliphatic carbocycles. The van der Waals surface area contributed by atoms with Crippen LogP contribution in [0.5, 0.6) is 0 Å². The largest absolute Gasteiger partial charge is 0.355 e. The van der Waals surface area contributed by atoms with Crippen LogP contribution in [0.1, 0.15) is 35.6 Å². The molecule has 1 heterocycles. The Labute approximate surface area is 147 Å². The Hall–Kier alpha value is -2.46. The molecule has 1 saturated heterocycles. The van der Waals surface area contributed by atoms with E-state index in [1.807, 2.05) is 42.5 Å². The molecule has 0 bridgehead atoms. The number of nitrogens with one attached hydrogen (secondary N) is 1. The highest BCUT2D eigenvalue weighted by Gasteiger charge is 2.47. The Kier molecular flexibility index (Phi) is 3.92. The number of rotatable bonds is 4. The van der Waals surface area contributed by atoms with Crippen LogP contribution in [-0.2, 0) is 21.4 Å². The van der Waals surface area contributed by atoms with Crippen LogP contribution in [-0.4, -0.2) is 18.2 Å². The molecule has 4 nitrogen and oxygen atoms in total. The van der Waals surface area contributed by atoms with Crippen molar-refractivity contribution in [3.05, 3.63) is 71.3 Å². The van der Waals surface area contributed by atoms with Crippen molar-refractivity contribution in [2.45, 2.75) is 30.7 Å². The molecular weight excluding hydrogens is 312 g/mol. The van der Waals surface area contributed by atoms with E-state index < -0.39 is 5.41 Å². The third kappa shape index (κ3) is 2.67. The van der Waals surface area contributed by atoms with Gasteiger partial charge in [-0.15, -0.1) is 0 Å². The van der Waals surface area contributed by atoms with Crippen LogP contribution in [0.2, 0.25) is 0 Å². The van der Waals surface area contributed by atoms with Crippen LogP contribution >= 0.6 is 0 Å². The fourth-order valence-electron chi connectivity index (χ4n) is 4.31. The summed E-state index contributed by atoms with van der Waals surface area (Å²) in [6, 6.07) is 17.7. The van der Waals surface area contributed by atoms with Crippen molar-refractivity contribution in [1.29, 1.82) is 0 Å². The number of amides is 1. The summed E-state index contributed by atoms with van der Waals surface area (Å²) in [6.07, 6.45) is 1.46.